The summed E-state index contributed by atoms with van der Waals surface area (Å²) in [5.74, 6) is 15.0. The minimum atomic E-state index is 0.812. The van der Waals surface area contributed by atoms with Crippen molar-refractivity contribution in [3.05, 3.63) is 217 Å². The topological polar surface area (TPSA) is 44.2 Å². The van der Waals surface area contributed by atoms with E-state index in [4.69, 9.17) is 19.4 Å². The lowest BCUT2D eigenvalue weighted by atomic mass is 9.93. The van der Waals surface area contributed by atoms with Gasteiger partial charge < -0.3 is 9.47 Å². The predicted octanol–water partition coefficient (Wildman–Crippen LogP) is 12.9. The van der Waals surface area contributed by atoms with Crippen LogP contribution in [0.4, 0.5) is 0 Å². The Morgan fingerprint density at radius 1 is 0.350 bits per heavy atom. The molecule has 0 aliphatic rings. The van der Waals surface area contributed by atoms with Crippen LogP contribution in [0.2, 0.25) is 0 Å². The standard InChI is InChI=1S/2C28H19NO/c2*1-30-26-19-22(16-15-20-9-3-2-4-10-20)27(25-14-8-7-13-24(25)26)28-23-12-6-5-11-21(23)17-18-29-28/h2*2-14,17-19H,1H3. The van der Waals surface area contributed by atoms with Gasteiger partial charge in [-0.05, 0) is 70.1 Å². The van der Waals surface area contributed by atoms with Gasteiger partial charge >= 0.3 is 0 Å². The van der Waals surface area contributed by atoms with E-state index in [1.54, 1.807) is 14.2 Å². The first-order valence-electron chi connectivity index (χ1n) is 19.7. The molecule has 4 heteroatoms. The molecule has 0 aliphatic heterocycles. The molecule has 10 rings (SSSR count). The second-order valence-corrected chi connectivity index (χ2v) is 14.1. The molecular formula is C56H38N2O2. The number of nitrogens with zero attached hydrogens (tertiary/aromatic N) is 2. The average Bonchev–Trinajstić information content (AvgIpc) is 3.32. The largest absolute Gasteiger partial charge is 0.496 e. The quantitative estimate of drug-likeness (QED) is 0.167. The first-order chi connectivity index (χ1) is 29.7. The van der Waals surface area contributed by atoms with Gasteiger partial charge in [-0.1, -0.05) is 157 Å². The van der Waals surface area contributed by atoms with Gasteiger partial charge in [0.15, 0.2) is 0 Å². The molecule has 0 fully saturated rings. The van der Waals surface area contributed by atoms with Crippen LogP contribution in [0.5, 0.6) is 11.5 Å². The summed E-state index contributed by atoms with van der Waals surface area (Å²) in [4.78, 5) is 9.58. The molecule has 0 unspecified atom stereocenters. The highest BCUT2D eigenvalue weighted by molar-refractivity contribution is 6.09. The van der Waals surface area contributed by atoms with Gasteiger partial charge in [0.25, 0.3) is 0 Å². The van der Waals surface area contributed by atoms with Crippen molar-refractivity contribution >= 4 is 43.1 Å². The molecule has 0 amide bonds. The predicted molar refractivity (Wildman–Crippen MR) is 247 cm³/mol. The first kappa shape index (κ1) is 37.4. The zero-order valence-electron chi connectivity index (χ0n) is 33.2. The van der Waals surface area contributed by atoms with Gasteiger partial charge in [-0.15, -0.1) is 0 Å². The van der Waals surface area contributed by atoms with E-state index in [1.165, 1.54) is 0 Å². The SMILES string of the molecule is COc1cc(C#Cc2ccccc2)c(-c2nccc3ccccc23)c2ccccc12.COc1cc(C#Cc2ccccc2)c(-c2nccc3ccccc23)c2ccccc12. The molecule has 8 aromatic carbocycles. The Bertz CT molecular complexity index is 3060. The zero-order valence-corrected chi connectivity index (χ0v) is 33.2. The molecule has 0 saturated carbocycles. The van der Waals surface area contributed by atoms with Crippen molar-refractivity contribution < 1.29 is 9.47 Å². The third-order valence-corrected chi connectivity index (χ3v) is 10.5. The van der Waals surface area contributed by atoms with Crippen molar-refractivity contribution in [3.63, 3.8) is 0 Å². The lowest BCUT2D eigenvalue weighted by Crippen LogP contribution is -1.95. The van der Waals surface area contributed by atoms with Crippen LogP contribution >= 0.6 is 0 Å². The van der Waals surface area contributed by atoms with E-state index in [9.17, 15) is 0 Å². The third-order valence-electron chi connectivity index (χ3n) is 10.5. The minimum Gasteiger partial charge on any atom is -0.496 e. The highest BCUT2D eigenvalue weighted by atomic mass is 16.5. The Labute approximate surface area is 349 Å². The van der Waals surface area contributed by atoms with Gasteiger partial charge in [0.05, 0.1) is 25.6 Å². The second kappa shape index (κ2) is 17.1. The number of aromatic nitrogens is 2. The van der Waals surface area contributed by atoms with Crippen molar-refractivity contribution in [2.75, 3.05) is 14.2 Å². The molecule has 284 valence electrons. The molecule has 2 aromatic heterocycles. The summed E-state index contributed by atoms with van der Waals surface area (Å²) in [5.41, 5.74) is 7.69. The Kier molecular flexibility index (Phi) is 10.7. The summed E-state index contributed by atoms with van der Waals surface area (Å²) in [7, 11) is 3.40. The molecule has 0 aliphatic carbocycles. The first-order valence-corrected chi connectivity index (χ1v) is 19.7. The molecule has 0 atom stereocenters. The number of benzene rings is 8. The molecular weight excluding hydrogens is 733 g/mol. The summed E-state index contributed by atoms with van der Waals surface area (Å²) < 4.78 is 11.4. The number of ether oxygens (including phenoxy) is 2. The van der Waals surface area contributed by atoms with E-state index in [1.807, 2.05) is 134 Å². The smallest absolute Gasteiger partial charge is 0.127 e. The summed E-state index contributed by atoms with van der Waals surface area (Å²) in [6, 6.07) is 61.4. The average molecular weight is 771 g/mol. The number of hydrogen-bond donors (Lipinski definition) is 0. The third kappa shape index (κ3) is 7.50. The van der Waals surface area contributed by atoms with E-state index < -0.39 is 0 Å². The van der Waals surface area contributed by atoms with Gasteiger partial charge in [0.2, 0.25) is 0 Å². The number of hydrogen-bond acceptors (Lipinski definition) is 4. The molecule has 0 N–H and O–H groups in total. The summed E-state index contributed by atoms with van der Waals surface area (Å²) >= 11 is 0. The molecule has 60 heavy (non-hydrogen) atoms. The Morgan fingerprint density at radius 2 is 0.700 bits per heavy atom. The van der Waals surface area contributed by atoms with Crippen molar-refractivity contribution in [3.8, 4) is 57.7 Å². The lowest BCUT2D eigenvalue weighted by Gasteiger charge is -2.14. The number of rotatable bonds is 4. The molecule has 0 radical (unpaired) electrons. The molecule has 0 bridgehead atoms. The molecule has 0 saturated heterocycles. The van der Waals surface area contributed by atoms with E-state index in [0.717, 1.165) is 99.4 Å². The van der Waals surface area contributed by atoms with E-state index in [-0.39, 0.29) is 0 Å². The van der Waals surface area contributed by atoms with E-state index in [0.29, 0.717) is 0 Å². The van der Waals surface area contributed by atoms with Gasteiger partial charge in [-0.2, -0.15) is 0 Å². The molecule has 4 nitrogen and oxygen atoms in total. The fraction of sp³-hybridized carbons (Fsp3) is 0.0357. The maximum atomic E-state index is 5.71. The maximum Gasteiger partial charge on any atom is 0.127 e. The normalized spacial score (nSPS) is 10.6. The van der Waals surface area contributed by atoms with Crippen LogP contribution in [-0.2, 0) is 0 Å². The number of pyridine rings is 2. The van der Waals surface area contributed by atoms with Crippen LogP contribution in [0.25, 0.3) is 65.6 Å². The van der Waals surface area contributed by atoms with Crippen LogP contribution in [0.1, 0.15) is 22.3 Å². The van der Waals surface area contributed by atoms with Crippen LogP contribution < -0.4 is 9.47 Å². The lowest BCUT2D eigenvalue weighted by molar-refractivity contribution is 0.419. The van der Waals surface area contributed by atoms with Crippen molar-refractivity contribution in [2.45, 2.75) is 0 Å². The highest BCUT2D eigenvalue weighted by Gasteiger charge is 2.18. The summed E-state index contributed by atoms with van der Waals surface area (Å²) in [6.07, 6.45) is 3.73. The molecule has 2 heterocycles. The summed E-state index contributed by atoms with van der Waals surface area (Å²) in [5, 5.41) is 8.80. The van der Waals surface area contributed by atoms with Crippen LogP contribution in [0, 0.1) is 23.7 Å². The monoisotopic (exact) mass is 770 g/mol. The number of methoxy groups -OCH3 is 2. The van der Waals surface area contributed by atoms with Gasteiger partial charge in [0.1, 0.15) is 11.5 Å². The Morgan fingerprint density at radius 3 is 1.10 bits per heavy atom. The van der Waals surface area contributed by atoms with Crippen LogP contribution in [0.15, 0.2) is 194 Å². The fourth-order valence-corrected chi connectivity index (χ4v) is 7.69. The molecule has 10 aromatic rings. The van der Waals surface area contributed by atoms with Crippen LogP contribution in [-0.4, -0.2) is 24.2 Å². The number of fused-ring (bicyclic) bond motifs is 4. The van der Waals surface area contributed by atoms with E-state index in [2.05, 4.69) is 84.3 Å². The maximum absolute atomic E-state index is 5.71. The minimum absolute atomic E-state index is 0.812. The zero-order chi connectivity index (χ0) is 40.7. The highest BCUT2D eigenvalue weighted by Crippen LogP contribution is 2.41. The Hall–Kier alpha value is -8.18. The van der Waals surface area contributed by atoms with E-state index >= 15 is 0 Å². The van der Waals surface area contributed by atoms with Crippen LogP contribution in [0.3, 0.4) is 0 Å². The van der Waals surface area contributed by atoms with Crippen molar-refractivity contribution in [2.24, 2.45) is 0 Å². The second-order valence-electron chi connectivity index (χ2n) is 14.1. The Balaban J connectivity index is 0.000000154. The van der Waals surface area contributed by atoms with Gasteiger partial charge in [-0.25, -0.2) is 0 Å². The summed E-state index contributed by atoms with van der Waals surface area (Å²) in [6.45, 7) is 0. The van der Waals surface area contributed by atoms with Gasteiger partial charge in [0, 0.05) is 67.3 Å². The van der Waals surface area contributed by atoms with Crippen molar-refractivity contribution in [1.29, 1.82) is 0 Å². The van der Waals surface area contributed by atoms with Gasteiger partial charge in [-0.3, -0.25) is 9.97 Å². The van der Waals surface area contributed by atoms with Crippen molar-refractivity contribution in [1.82, 2.24) is 9.97 Å². The molecule has 0 spiro atoms. The fourth-order valence-electron chi connectivity index (χ4n) is 7.69.